The first kappa shape index (κ1) is 15.7. The van der Waals surface area contributed by atoms with Gasteiger partial charge in [-0.2, -0.15) is 10.2 Å². The van der Waals surface area contributed by atoms with Crippen LogP contribution in [0.1, 0.15) is 42.7 Å². The van der Waals surface area contributed by atoms with E-state index in [1.807, 2.05) is 23.5 Å². The Morgan fingerprint density at radius 1 is 1.24 bits per heavy atom. The van der Waals surface area contributed by atoms with Crippen molar-refractivity contribution in [1.82, 2.24) is 29.9 Å². The molecular formula is C15H26N6. The number of aryl methyl sites for hydroxylation is 2. The summed E-state index contributed by atoms with van der Waals surface area (Å²) in [4.78, 5) is 4.41. The van der Waals surface area contributed by atoms with Crippen molar-refractivity contribution >= 4 is 0 Å². The van der Waals surface area contributed by atoms with E-state index in [9.17, 15) is 0 Å². The van der Waals surface area contributed by atoms with Crippen LogP contribution in [0.4, 0.5) is 0 Å². The molecule has 0 bridgehead atoms. The van der Waals surface area contributed by atoms with Crippen LogP contribution < -0.4 is 5.32 Å². The van der Waals surface area contributed by atoms with E-state index in [-0.39, 0.29) is 0 Å². The van der Waals surface area contributed by atoms with Gasteiger partial charge in [-0.25, -0.2) is 9.67 Å². The number of hydrogen-bond acceptors (Lipinski definition) is 4. The first-order chi connectivity index (χ1) is 9.93. The van der Waals surface area contributed by atoms with E-state index in [4.69, 9.17) is 0 Å². The van der Waals surface area contributed by atoms with Crippen molar-refractivity contribution in [3.63, 3.8) is 0 Å². The molecule has 1 unspecified atom stereocenters. The largest absolute Gasteiger partial charge is 0.316 e. The third-order valence-corrected chi connectivity index (χ3v) is 4.08. The van der Waals surface area contributed by atoms with Gasteiger partial charge >= 0.3 is 0 Å². The Bertz CT molecular complexity index is 595. The summed E-state index contributed by atoms with van der Waals surface area (Å²) in [5.41, 5.74) is 3.67. The van der Waals surface area contributed by atoms with Crippen LogP contribution in [0.15, 0.2) is 6.33 Å². The monoisotopic (exact) mass is 290 g/mol. The molecule has 1 N–H and O–H groups in total. The number of hydrogen-bond donors (Lipinski definition) is 1. The maximum absolute atomic E-state index is 4.50. The van der Waals surface area contributed by atoms with Gasteiger partial charge in [0.2, 0.25) is 0 Å². The highest BCUT2D eigenvalue weighted by Crippen LogP contribution is 2.16. The van der Waals surface area contributed by atoms with Crippen LogP contribution in [0.3, 0.4) is 0 Å². The van der Waals surface area contributed by atoms with Crippen molar-refractivity contribution < 1.29 is 0 Å². The predicted octanol–water partition coefficient (Wildman–Crippen LogP) is 1.58. The highest BCUT2D eigenvalue weighted by molar-refractivity contribution is 5.25. The molecule has 0 saturated carbocycles. The molecule has 2 aromatic heterocycles. The van der Waals surface area contributed by atoms with E-state index in [0.29, 0.717) is 12.1 Å². The van der Waals surface area contributed by atoms with Gasteiger partial charge in [0.15, 0.2) is 0 Å². The maximum Gasteiger partial charge on any atom is 0.138 e. The second kappa shape index (κ2) is 6.39. The zero-order valence-corrected chi connectivity index (χ0v) is 13.9. The minimum atomic E-state index is 0.327. The van der Waals surface area contributed by atoms with Gasteiger partial charge in [0, 0.05) is 31.2 Å². The first-order valence-corrected chi connectivity index (χ1v) is 7.48. The van der Waals surface area contributed by atoms with Crippen LogP contribution in [-0.4, -0.2) is 37.6 Å². The summed E-state index contributed by atoms with van der Waals surface area (Å²) in [6, 6.07) is 0.662. The fourth-order valence-electron chi connectivity index (χ4n) is 2.71. The third-order valence-electron chi connectivity index (χ3n) is 4.08. The molecule has 0 fully saturated rings. The van der Waals surface area contributed by atoms with E-state index in [1.165, 1.54) is 11.3 Å². The number of rotatable bonds is 6. The number of nitrogens with one attached hydrogen (secondary N) is 1. The van der Waals surface area contributed by atoms with Gasteiger partial charge < -0.3 is 5.32 Å². The molecule has 21 heavy (non-hydrogen) atoms. The molecule has 0 amide bonds. The molecule has 0 aliphatic heterocycles. The summed E-state index contributed by atoms with van der Waals surface area (Å²) in [5, 5.41) is 12.2. The normalized spacial score (nSPS) is 13.1. The Morgan fingerprint density at radius 2 is 1.95 bits per heavy atom. The van der Waals surface area contributed by atoms with Gasteiger partial charge in [0.25, 0.3) is 0 Å². The highest BCUT2D eigenvalue weighted by atomic mass is 15.3. The molecule has 6 heteroatoms. The Hall–Kier alpha value is -1.69. The molecule has 0 aliphatic rings. The smallest absolute Gasteiger partial charge is 0.138 e. The number of nitrogens with zero attached hydrogens (tertiary/aromatic N) is 5. The minimum absolute atomic E-state index is 0.327. The van der Waals surface area contributed by atoms with Gasteiger partial charge in [-0.1, -0.05) is 0 Å². The van der Waals surface area contributed by atoms with E-state index >= 15 is 0 Å². The summed E-state index contributed by atoms with van der Waals surface area (Å²) < 4.78 is 3.95. The molecule has 2 rings (SSSR count). The van der Waals surface area contributed by atoms with Gasteiger partial charge in [-0.05, 0) is 46.7 Å². The van der Waals surface area contributed by atoms with Crippen molar-refractivity contribution in [2.45, 2.75) is 52.6 Å². The van der Waals surface area contributed by atoms with E-state index in [1.54, 1.807) is 6.33 Å². The van der Waals surface area contributed by atoms with Crippen molar-refractivity contribution in [3.8, 4) is 0 Å². The van der Waals surface area contributed by atoms with E-state index in [2.05, 4.69) is 48.2 Å². The van der Waals surface area contributed by atoms with Crippen molar-refractivity contribution in [2.24, 2.45) is 7.05 Å². The maximum atomic E-state index is 4.50. The first-order valence-electron chi connectivity index (χ1n) is 7.48. The van der Waals surface area contributed by atoms with Crippen molar-refractivity contribution in [2.75, 3.05) is 7.05 Å². The summed E-state index contributed by atoms with van der Waals surface area (Å²) in [5.74, 6) is 1.03. The molecule has 6 nitrogen and oxygen atoms in total. The quantitative estimate of drug-likeness (QED) is 0.877. The molecule has 1 atom stereocenters. The van der Waals surface area contributed by atoms with Crippen LogP contribution >= 0.6 is 0 Å². The fourth-order valence-corrected chi connectivity index (χ4v) is 2.71. The Balaban J connectivity index is 2.15. The molecule has 116 valence electrons. The second-order valence-corrected chi connectivity index (χ2v) is 5.88. The zero-order chi connectivity index (χ0) is 15.6. The summed E-state index contributed by atoms with van der Waals surface area (Å²) in [6.45, 7) is 8.45. The van der Waals surface area contributed by atoms with Crippen LogP contribution in [0.5, 0.6) is 0 Å². The number of likely N-dealkylation sites (N-methyl/N-ethyl adjacent to an activating group) is 1. The highest BCUT2D eigenvalue weighted by Gasteiger charge is 2.18. The summed E-state index contributed by atoms with van der Waals surface area (Å²) >= 11 is 0. The molecule has 2 aromatic rings. The van der Waals surface area contributed by atoms with Gasteiger partial charge in [0.05, 0.1) is 5.69 Å². The zero-order valence-electron chi connectivity index (χ0n) is 13.9. The minimum Gasteiger partial charge on any atom is -0.316 e. The van der Waals surface area contributed by atoms with E-state index < -0.39 is 0 Å². The molecular weight excluding hydrogens is 264 g/mol. The number of aromatic nitrogens is 5. The summed E-state index contributed by atoms with van der Waals surface area (Å²) in [7, 11) is 4.00. The average Bonchev–Trinajstić information content (AvgIpc) is 2.98. The molecule has 0 spiro atoms. The lowest BCUT2D eigenvalue weighted by molar-refractivity contribution is 0.469. The predicted molar refractivity (Wildman–Crippen MR) is 83.3 cm³/mol. The van der Waals surface area contributed by atoms with Gasteiger partial charge in [-0.15, -0.1) is 0 Å². The van der Waals surface area contributed by atoms with Crippen LogP contribution in [0.2, 0.25) is 0 Å². The van der Waals surface area contributed by atoms with Crippen LogP contribution in [0.25, 0.3) is 0 Å². The molecule has 0 saturated heterocycles. The standard InChI is InChI=1S/C15H26N6/c1-10(2)21-15(17-9-18-21)8-13(16-5)7-14-11(3)19-20(6)12(14)4/h9-10,13,16H,7-8H2,1-6H3. The lowest BCUT2D eigenvalue weighted by Gasteiger charge is -2.17. The lowest BCUT2D eigenvalue weighted by atomic mass is 10.0. The SMILES string of the molecule is CNC(Cc1c(C)nn(C)c1C)Cc1ncnn1C(C)C. The summed E-state index contributed by atoms with van der Waals surface area (Å²) in [6.07, 6.45) is 3.46. The molecule has 0 radical (unpaired) electrons. The van der Waals surface area contributed by atoms with Gasteiger partial charge in [0.1, 0.15) is 12.2 Å². The van der Waals surface area contributed by atoms with Crippen LogP contribution in [-0.2, 0) is 19.9 Å². The third kappa shape index (κ3) is 3.32. The Morgan fingerprint density at radius 3 is 2.48 bits per heavy atom. The van der Waals surface area contributed by atoms with Gasteiger partial charge in [-0.3, -0.25) is 4.68 Å². The van der Waals surface area contributed by atoms with Crippen molar-refractivity contribution in [1.29, 1.82) is 0 Å². The Kier molecular flexibility index (Phi) is 4.77. The van der Waals surface area contributed by atoms with E-state index in [0.717, 1.165) is 24.4 Å². The Labute approximate surface area is 126 Å². The van der Waals surface area contributed by atoms with Crippen LogP contribution in [0, 0.1) is 13.8 Å². The lowest BCUT2D eigenvalue weighted by Crippen LogP contribution is -2.31. The second-order valence-electron chi connectivity index (χ2n) is 5.88. The fraction of sp³-hybridized carbons (Fsp3) is 0.667. The topological polar surface area (TPSA) is 60.6 Å². The molecule has 2 heterocycles. The average molecular weight is 290 g/mol. The molecule has 0 aromatic carbocycles. The molecule has 0 aliphatic carbocycles. The van der Waals surface area contributed by atoms with Crippen molar-refractivity contribution in [3.05, 3.63) is 29.1 Å².